The predicted molar refractivity (Wildman–Crippen MR) is 119 cm³/mol. The molecule has 0 aromatic rings. The minimum atomic E-state index is -0.816. The molecular weight excluding hydrogens is 440 g/mol. The number of urea groups is 2. The highest BCUT2D eigenvalue weighted by molar-refractivity contribution is 6.29. The zero-order chi connectivity index (χ0) is 24.4. The van der Waals surface area contributed by atoms with Gasteiger partial charge in [0, 0.05) is 19.6 Å². The molecule has 5 rings (SSSR count). The number of imide groups is 3. The molecule has 0 aromatic heterocycles. The lowest BCUT2D eigenvalue weighted by molar-refractivity contribution is -0.143. The Labute approximate surface area is 197 Å². The summed E-state index contributed by atoms with van der Waals surface area (Å²) in [4.78, 5) is 67.4. The van der Waals surface area contributed by atoms with Crippen LogP contribution in [0.3, 0.4) is 0 Å². The predicted octanol–water partition coefficient (Wildman–Crippen LogP) is 0.740. The summed E-state index contributed by atoms with van der Waals surface area (Å²) in [6.45, 7) is 0.271. The Morgan fingerprint density at radius 3 is 2.12 bits per heavy atom. The van der Waals surface area contributed by atoms with Crippen molar-refractivity contribution in [3.8, 4) is 0 Å². The van der Waals surface area contributed by atoms with E-state index in [1.165, 1.54) is 11.9 Å². The normalized spacial score (nSPS) is 34.5. The maximum atomic E-state index is 13.4. The molecule has 5 N–H and O–H groups in total. The van der Waals surface area contributed by atoms with E-state index in [1.54, 1.807) is 0 Å². The molecule has 2 heterocycles. The van der Waals surface area contributed by atoms with Gasteiger partial charge in [-0.2, -0.15) is 0 Å². The fraction of sp³-hybridized carbons (Fsp3) is 0.696. The van der Waals surface area contributed by atoms with E-state index in [0.717, 1.165) is 48.3 Å². The number of amides is 7. The van der Waals surface area contributed by atoms with Gasteiger partial charge < -0.3 is 16.8 Å². The first kappa shape index (κ1) is 22.7. The molecule has 2 aliphatic heterocycles. The molecule has 11 heteroatoms. The number of carbonyl (C=O) groups is 5. The van der Waals surface area contributed by atoms with Crippen LogP contribution >= 0.6 is 0 Å². The summed E-state index contributed by atoms with van der Waals surface area (Å²) in [5.74, 6) is -1.76. The number of likely N-dealkylation sites (N-methyl/N-ethyl adjacent to an activating group) is 1. The number of carbonyl (C=O) groups excluding carboxylic acids is 5. The van der Waals surface area contributed by atoms with E-state index in [9.17, 15) is 24.0 Å². The summed E-state index contributed by atoms with van der Waals surface area (Å²) in [5, 5.41) is 2.83. The molecule has 0 bridgehead atoms. The van der Waals surface area contributed by atoms with E-state index in [2.05, 4.69) is 5.32 Å². The van der Waals surface area contributed by atoms with E-state index in [-0.39, 0.29) is 47.3 Å². The van der Waals surface area contributed by atoms with Gasteiger partial charge in [0.05, 0.1) is 0 Å². The standard InChI is InChI=1S/C23H32N6O5/c1-27-19(32)23(26-20(27)33)11-22(12-23)8-6-14(7-9-22)29-18(31)15(16(24)25)17(30)28(21(29)34)10-13-4-2-3-5-13/h13-14H,2-12,24-25H2,1H3,(H,26,33). The van der Waals surface area contributed by atoms with Crippen molar-refractivity contribution in [2.75, 3.05) is 13.6 Å². The number of rotatable bonds is 3. The quantitative estimate of drug-likeness (QED) is 0.310. The smallest absolute Gasteiger partial charge is 0.334 e. The molecule has 3 aliphatic carbocycles. The second-order valence-electron chi connectivity index (χ2n) is 10.8. The summed E-state index contributed by atoms with van der Waals surface area (Å²) in [6, 6.07) is -1.33. The Hall–Kier alpha value is -3.11. The van der Waals surface area contributed by atoms with Gasteiger partial charge in [0.2, 0.25) is 0 Å². The van der Waals surface area contributed by atoms with Crippen LogP contribution in [0.1, 0.15) is 64.2 Å². The highest BCUT2D eigenvalue weighted by Gasteiger charge is 2.64. The average Bonchev–Trinajstić information content (AvgIpc) is 3.35. The SMILES string of the molecule is CN1C(=O)NC2(CC3(CCC(N4C(=O)C(=C(N)N)C(=O)N(CC5CCCC5)C4=O)CC3)C2)C1=O. The number of nitrogens with two attached hydrogens (primary N) is 2. The second kappa shape index (κ2) is 7.71. The van der Waals surface area contributed by atoms with Gasteiger partial charge >= 0.3 is 12.1 Å². The monoisotopic (exact) mass is 472 g/mol. The summed E-state index contributed by atoms with van der Waals surface area (Å²) < 4.78 is 0. The van der Waals surface area contributed by atoms with Crippen molar-refractivity contribution in [3.05, 3.63) is 11.4 Å². The van der Waals surface area contributed by atoms with Crippen molar-refractivity contribution in [1.29, 1.82) is 0 Å². The fourth-order valence-corrected chi connectivity index (χ4v) is 6.88. The van der Waals surface area contributed by atoms with Crippen molar-refractivity contribution in [3.63, 3.8) is 0 Å². The lowest BCUT2D eigenvalue weighted by Gasteiger charge is -2.56. The van der Waals surface area contributed by atoms with Crippen molar-refractivity contribution >= 4 is 29.8 Å². The first-order valence-corrected chi connectivity index (χ1v) is 12.1. The van der Waals surface area contributed by atoms with Crippen LogP contribution in [0.2, 0.25) is 0 Å². The molecule has 0 radical (unpaired) electrons. The molecule has 0 unspecified atom stereocenters. The van der Waals surface area contributed by atoms with E-state index < -0.39 is 23.4 Å². The third kappa shape index (κ3) is 3.27. The second-order valence-corrected chi connectivity index (χ2v) is 10.8. The third-order valence-electron chi connectivity index (χ3n) is 8.63. The first-order valence-electron chi connectivity index (χ1n) is 12.1. The Morgan fingerprint density at radius 2 is 1.59 bits per heavy atom. The highest BCUT2D eigenvalue weighted by atomic mass is 16.2. The van der Waals surface area contributed by atoms with Crippen LogP contribution < -0.4 is 16.8 Å². The molecule has 11 nitrogen and oxygen atoms in total. The van der Waals surface area contributed by atoms with E-state index >= 15 is 0 Å². The van der Waals surface area contributed by atoms with Gasteiger partial charge in [-0.05, 0) is 62.7 Å². The number of hydrogen-bond donors (Lipinski definition) is 3. The number of barbiturate groups is 1. The topological polar surface area (TPSA) is 159 Å². The van der Waals surface area contributed by atoms with Crippen LogP contribution in [0.25, 0.3) is 0 Å². The van der Waals surface area contributed by atoms with Gasteiger partial charge in [-0.3, -0.25) is 29.1 Å². The van der Waals surface area contributed by atoms with E-state index in [1.807, 2.05) is 0 Å². The largest absolute Gasteiger partial charge is 0.385 e. The molecule has 7 amide bonds. The molecule has 0 atom stereocenters. The zero-order valence-corrected chi connectivity index (χ0v) is 19.5. The molecular formula is C23H32N6O5. The molecule has 184 valence electrons. The van der Waals surface area contributed by atoms with Gasteiger partial charge in [-0.25, -0.2) is 9.59 Å². The highest BCUT2D eigenvalue weighted by Crippen LogP contribution is 2.58. The van der Waals surface area contributed by atoms with Crippen LogP contribution in [-0.2, 0) is 14.4 Å². The van der Waals surface area contributed by atoms with Gasteiger partial charge in [0.1, 0.15) is 16.9 Å². The van der Waals surface area contributed by atoms with Gasteiger partial charge in [-0.1, -0.05) is 12.8 Å². The Morgan fingerprint density at radius 1 is 0.971 bits per heavy atom. The Bertz CT molecular complexity index is 995. The summed E-state index contributed by atoms with van der Waals surface area (Å²) in [7, 11) is 1.48. The maximum absolute atomic E-state index is 13.4. The molecule has 34 heavy (non-hydrogen) atoms. The minimum absolute atomic E-state index is 0.0998. The molecule has 3 saturated carbocycles. The third-order valence-corrected chi connectivity index (χ3v) is 8.63. The first-order chi connectivity index (χ1) is 16.1. The van der Waals surface area contributed by atoms with Crippen LogP contribution in [-0.4, -0.2) is 69.7 Å². The van der Waals surface area contributed by atoms with Crippen LogP contribution in [0.5, 0.6) is 0 Å². The van der Waals surface area contributed by atoms with E-state index in [4.69, 9.17) is 11.5 Å². The zero-order valence-electron chi connectivity index (χ0n) is 19.5. The van der Waals surface area contributed by atoms with Gasteiger partial charge in [0.15, 0.2) is 0 Å². The van der Waals surface area contributed by atoms with Crippen LogP contribution in [0, 0.1) is 11.3 Å². The molecule has 5 aliphatic rings. The fourth-order valence-electron chi connectivity index (χ4n) is 6.88. The molecule has 2 spiro atoms. The average molecular weight is 473 g/mol. The van der Waals surface area contributed by atoms with Gasteiger partial charge in [-0.15, -0.1) is 0 Å². The maximum Gasteiger partial charge on any atom is 0.334 e. The number of hydrogen-bond acceptors (Lipinski definition) is 7. The summed E-state index contributed by atoms with van der Waals surface area (Å²) in [6.07, 6.45) is 7.72. The molecule has 2 saturated heterocycles. The Kier molecular flexibility index (Phi) is 5.14. The van der Waals surface area contributed by atoms with Crippen molar-refractivity contribution in [2.24, 2.45) is 22.8 Å². The number of nitrogens with zero attached hydrogens (tertiary/aromatic N) is 3. The van der Waals surface area contributed by atoms with Crippen molar-refractivity contribution in [2.45, 2.75) is 75.8 Å². The summed E-state index contributed by atoms with van der Waals surface area (Å²) >= 11 is 0. The lowest BCUT2D eigenvalue weighted by atomic mass is 9.51. The van der Waals surface area contributed by atoms with Crippen LogP contribution in [0.15, 0.2) is 11.4 Å². The molecule has 0 aromatic carbocycles. The lowest BCUT2D eigenvalue weighted by Crippen LogP contribution is -2.65. The van der Waals surface area contributed by atoms with Crippen molar-refractivity contribution in [1.82, 2.24) is 20.0 Å². The number of nitrogens with one attached hydrogen (secondary N) is 1. The minimum Gasteiger partial charge on any atom is -0.385 e. The summed E-state index contributed by atoms with van der Waals surface area (Å²) in [5.41, 5.74) is 10.2. The van der Waals surface area contributed by atoms with Crippen molar-refractivity contribution < 1.29 is 24.0 Å². The van der Waals surface area contributed by atoms with E-state index in [0.29, 0.717) is 25.7 Å². The van der Waals surface area contributed by atoms with Crippen LogP contribution in [0.4, 0.5) is 9.59 Å². The molecule has 5 fully saturated rings. The van der Waals surface area contributed by atoms with Gasteiger partial charge in [0.25, 0.3) is 17.7 Å². The Balaban J connectivity index is 1.30.